The summed E-state index contributed by atoms with van der Waals surface area (Å²) in [4.78, 5) is 11.8. The monoisotopic (exact) mass is 298 g/mol. The summed E-state index contributed by atoms with van der Waals surface area (Å²) in [5, 5.41) is 5.90. The van der Waals surface area contributed by atoms with E-state index in [1.54, 1.807) is 7.05 Å². The smallest absolute Gasteiger partial charge is 0.239 e. The van der Waals surface area contributed by atoms with Gasteiger partial charge in [-0.3, -0.25) is 4.79 Å². The van der Waals surface area contributed by atoms with Crippen LogP contribution in [0.3, 0.4) is 0 Å². The quantitative estimate of drug-likeness (QED) is 0.874. The Bertz CT molecular complexity index is 374. The molecule has 0 heterocycles. The van der Waals surface area contributed by atoms with Crippen LogP contribution in [0.2, 0.25) is 0 Å². The van der Waals surface area contributed by atoms with E-state index in [-0.39, 0.29) is 5.91 Å². The molecule has 0 atom stereocenters. The lowest BCUT2D eigenvalue weighted by Gasteiger charge is -2.22. The van der Waals surface area contributed by atoms with Crippen molar-refractivity contribution in [2.24, 2.45) is 0 Å². The topological polar surface area (TPSA) is 41.1 Å². The van der Waals surface area contributed by atoms with E-state index in [2.05, 4.69) is 38.7 Å². The number of halogens is 1. The van der Waals surface area contributed by atoms with Crippen LogP contribution in [0.4, 0.5) is 0 Å². The van der Waals surface area contributed by atoms with Gasteiger partial charge in [0.05, 0.1) is 5.54 Å². The van der Waals surface area contributed by atoms with E-state index in [0.717, 1.165) is 10.9 Å². The Hall–Kier alpha value is -0.870. The van der Waals surface area contributed by atoms with E-state index in [1.165, 1.54) is 5.56 Å². The summed E-state index contributed by atoms with van der Waals surface area (Å²) >= 11 is 3.39. The molecule has 0 aromatic heterocycles. The zero-order chi connectivity index (χ0) is 12.9. The normalized spacial score (nSPS) is 11.3. The van der Waals surface area contributed by atoms with Crippen LogP contribution in [0.15, 0.2) is 28.7 Å². The lowest BCUT2D eigenvalue weighted by atomic mass is 10.1. The zero-order valence-corrected chi connectivity index (χ0v) is 12.1. The molecule has 0 aliphatic rings. The van der Waals surface area contributed by atoms with Gasteiger partial charge >= 0.3 is 0 Å². The third-order valence-corrected chi connectivity index (χ3v) is 3.33. The summed E-state index contributed by atoms with van der Waals surface area (Å²) in [6, 6.07) is 8.13. The third-order valence-electron chi connectivity index (χ3n) is 2.81. The maximum atomic E-state index is 11.8. The van der Waals surface area contributed by atoms with Crippen molar-refractivity contribution in [1.82, 2.24) is 10.6 Å². The van der Waals surface area contributed by atoms with Crippen molar-refractivity contribution in [1.29, 1.82) is 0 Å². The van der Waals surface area contributed by atoms with Gasteiger partial charge in [0.2, 0.25) is 5.91 Å². The summed E-state index contributed by atoms with van der Waals surface area (Å²) in [5.41, 5.74) is 0.704. The Morgan fingerprint density at radius 1 is 1.29 bits per heavy atom. The molecule has 1 aromatic carbocycles. The van der Waals surface area contributed by atoms with Crippen LogP contribution in [-0.4, -0.2) is 25.0 Å². The fraction of sp³-hybridized carbons (Fsp3) is 0.462. The molecule has 1 aromatic rings. The van der Waals surface area contributed by atoms with Crippen LogP contribution in [0.5, 0.6) is 0 Å². The number of hydrogen-bond acceptors (Lipinski definition) is 2. The van der Waals surface area contributed by atoms with Crippen molar-refractivity contribution < 1.29 is 4.79 Å². The Morgan fingerprint density at radius 2 is 1.88 bits per heavy atom. The number of carbonyl (C=O) groups is 1. The van der Waals surface area contributed by atoms with E-state index in [0.29, 0.717) is 6.54 Å². The van der Waals surface area contributed by atoms with Gasteiger partial charge in [0.25, 0.3) is 0 Å². The Balaban J connectivity index is 2.38. The van der Waals surface area contributed by atoms with Gasteiger partial charge in [-0.2, -0.15) is 0 Å². The highest BCUT2D eigenvalue weighted by molar-refractivity contribution is 9.10. The van der Waals surface area contributed by atoms with Crippen LogP contribution in [-0.2, 0) is 11.2 Å². The number of amides is 1. The molecule has 3 nitrogen and oxygen atoms in total. The molecule has 4 heteroatoms. The van der Waals surface area contributed by atoms with Gasteiger partial charge in [0, 0.05) is 11.0 Å². The molecule has 0 saturated carbocycles. The van der Waals surface area contributed by atoms with Gasteiger partial charge in [-0.05, 0) is 45.0 Å². The molecule has 0 spiro atoms. The van der Waals surface area contributed by atoms with Gasteiger partial charge in [0.1, 0.15) is 0 Å². The van der Waals surface area contributed by atoms with Gasteiger partial charge in [0.15, 0.2) is 0 Å². The molecule has 0 aliphatic carbocycles. The van der Waals surface area contributed by atoms with Crippen LogP contribution in [0.1, 0.15) is 19.4 Å². The first-order chi connectivity index (χ1) is 7.95. The fourth-order valence-electron chi connectivity index (χ4n) is 1.31. The van der Waals surface area contributed by atoms with Gasteiger partial charge in [-0.25, -0.2) is 0 Å². The number of rotatable bonds is 5. The Labute approximate surface area is 111 Å². The van der Waals surface area contributed by atoms with Crippen LogP contribution in [0.25, 0.3) is 0 Å². The van der Waals surface area contributed by atoms with Crippen LogP contribution >= 0.6 is 15.9 Å². The largest absolute Gasteiger partial charge is 0.354 e. The highest BCUT2D eigenvalue weighted by atomic mass is 79.9. The molecular weight excluding hydrogens is 280 g/mol. The van der Waals surface area contributed by atoms with Gasteiger partial charge in [-0.1, -0.05) is 28.1 Å². The summed E-state index contributed by atoms with van der Waals surface area (Å²) in [7, 11) is 1.79. The van der Waals surface area contributed by atoms with Crippen LogP contribution < -0.4 is 10.6 Å². The predicted octanol–water partition coefficient (Wildman–Crippen LogP) is 2.11. The number of benzene rings is 1. The Morgan fingerprint density at radius 3 is 2.41 bits per heavy atom. The molecular formula is C13H19BrN2O. The molecule has 0 saturated heterocycles. The molecule has 2 N–H and O–H groups in total. The summed E-state index contributed by atoms with van der Waals surface area (Å²) in [5.74, 6) is 0.0251. The average molecular weight is 299 g/mol. The molecule has 1 amide bonds. The number of likely N-dealkylation sites (N-methyl/N-ethyl adjacent to an activating group) is 1. The Kier molecular flexibility index (Phi) is 5.15. The number of carbonyl (C=O) groups excluding carboxylic acids is 1. The van der Waals surface area contributed by atoms with E-state index in [9.17, 15) is 4.79 Å². The molecule has 94 valence electrons. The molecule has 1 rings (SSSR count). The molecule has 0 unspecified atom stereocenters. The second-order valence-corrected chi connectivity index (χ2v) is 5.42. The minimum absolute atomic E-state index is 0.0251. The van der Waals surface area contributed by atoms with Gasteiger partial charge in [-0.15, -0.1) is 0 Å². The van der Waals surface area contributed by atoms with E-state index in [1.807, 2.05) is 26.0 Å². The summed E-state index contributed by atoms with van der Waals surface area (Å²) < 4.78 is 1.07. The number of hydrogen-bond donors (Lipinski definition) is 2. The van der Waals surface area contributed by atoms with E-state index in [4.69, 9.17) is 0 Å². The van der Waals surface area contributed by atoms with Crippen LogP contribution in [0, 0.1) is 0 Å². The maximum absolute atomic E-state index is 11.8. The van der Waals surface area contributed by atoms with E-state index < -0.39 is 5.54 Å². The van der Waals surface area contributed by atoms with Crippen molar-refractivity contribution >= 4 is 21.8 Å². The molecule has 0 radical (unpaired) electrons. The third kappa shape index (κ3) is 4.48. The zero-order valence-electron chi connectivity index (χ0n) is 10.5. The summed E-state index contributed by atoms with van der Waals surface area (Å²) in [6.07, 6.45) is 0.846. The van der Waals surface area contributed by atoms with Crippen molar-refractivity contribution in [2.45, 2.75) is 25.8 Å². The first-order valence-corrected chi connectivity index (χ1v) is 6.46. The van der Waals surface area contributed by atoms with Crippen molar-refractivity contribution in [3.63, 3.8) is 0 Å². The molecule has 0 fully saturated rings. The fourth-order valence-corrected chi connectivity index (χ4v) is 1.57. The van der Waals surface area contributed by atoms with Crippen molar-refractivity contribution in [2.75, 3.05) is 13.6 Å². The molecule has 17 heavy (non-hydrogen) atoms. The maximum Gasteiger partial charge on any atom is 0.239 e. The van der Waals surface area contributed by atoms with Gasteiger partial charge < -0.3 is 10.6 Å². The minimum atomic E-state index is -0.514. The number of nitrogens with one attached hydrogen (secondary N) is 2. The lowest BCUT2D eigenvalue weighted by molar-refractivity contribution is -0.126. The predicted molar refractivity (Wildman–Crippen MR) is 74.0 cm³/mol. The molecule has 0 aliphatic heterocycles. The standard InChI is InChI=1S/C13H19BrN2O/c1-13(2,15-3)12(17)16-9-8-10-4-6-11(14)7-5-10/h4-7,15H,8-9H2,1-3H3,(H,16,17). The van der Waals surface area contributed by atoms with Crippen molar-refractivity contribution in [3.8, 4) is 0 Å². The first kappa shape index (κ1) is 14.2. The van der Waals surface area contributed by atoms with E-state index >= 15 is 0 Å². The summed E-state index contributed by atoms with van der Waals surface area (Å²) in [6.45, 7) is 4.38. The SMILES string of the molecule is CNC(C)(C)C(=O)NCCc1ccc(Br)cc1. The highest BCUT2D eigenvalue weighted by Crippen LogP contribution is 2.10. The lowest BCUT2D eigenvalue weighted by Crippen LogP contribution is -2.51. The highest BCUT2D eigenvalue weighted by Gasteiger charge is 2.24. The van der Waals surface area contributed by atoms with Crippen molar-refractivity contribution in [3.05, 3.63) is 34.3 Å². The second kappa shape index (κ2) is 6.17. The average Bonchev–Trinajstić information content (AvgIpc) is 2.31. The minimum Gasteiger partial charge on any atom is -0.354 e. The molecule has 0 bridgehead atoms. The second-order valence-electron chi connectivity index (χ2n) is 4.51. The first-order valence-electron chi connectivity index (χ1n) is 5.67.